The Morgan fingerprint density at radius 2 is 1.82 bits per heavy atom. The lowest BCUT2D eigenvalue weighted by Gasteiger charge is -2.33. The lowest BCUT2D eigenvalue weighted by atomic mass is 9.95. The number of thiol groups is 1. The van der Waals surface area contributed by atoms with Crippen LogP contribution in [-0.4, -0.2) is 42.1 Å². The number of rotatable bonds is 3. The van der Waals surface area contributed by atoms with Gasteiger partial charge in [-0.2, -0.15) is 12.6 Å². The summed E-state index contributed by atoms with van der Waals surface area (Å²) in [6.07, 6.45) is 1.51. The Labute approximate surface area is 109 Å². The monoisotopic (exact) mass is 258 g/mol. The van der Waals surface area contributed by atoms with Crippen molar-refractivity contribution in [1.29, 1.82) is 0 Å². The van der Waals surface area contributed by atoms with Crippen molar-refractivity contribution in [3.8, 4) is 0 Å². The molecule has 1 aliphatic rings. The van der Waals surface area contributed by atoms with Crippen molar-refractivity contribution in [1.82, 2.24) is 10.2 Å². The zero-order chi connectivity index (χ0) is 13.0. The predicted octanol–water partition coefficient (Wildman–Crippen LogP) is 0.925. The Morgan fingerprint density at radius 3 is 2.24 bits per heavy atom. The number of hydrogen-bond donors (Lipinski definition) is 2. The van der Waals surface area contributed by atoms with Crippen molar-refractivity contribution in [3.63, 3.8) is 0 Å². The minimum Gasteiger partial charge on any atom is -0.359 e. The second kappa shape index (κ2) is 6.28. The van der Waals surface area contributed by atoms with Crippen LogP contribution >= 0.6 is 12.6 Å². The first-order valence-corrected chi connectivity index (χ1v) is 6.67. The molecule has 0 aliphatic carbocycles. The van der Waals surface area contributed by atoms with Gasteiger partial charge in [-0.3, -0.25) is 9.59 Å². The lowest BCUT2D eigenvalue weighted by molar-refractivity contribution is -0.135. The highest BCUT2D eigenvalue weighted by Crippen LogP contribution is 2.20. The zero-order valence-corrected chi connectivity index (χ0v) is 11.7. The van der Waals surface area contributed by atoms with Crippen LogP contribution in [0.25, 0.3) is 0 Å². The molecule has 1 heterocycles. The maximum absolute atomic E-state index is 12.0. The van der Waals surface area contributed by atoms with Gasteiger partial charge in [-0.25, -0.2) is 0 Å². The van der Waals surface area contributed by atoms with Gasteiger partial charge in [0.2, 0.25) is 11.8 Å². The molecule has 1 N–H and O–H groups in total. The maximum Gasteiger partial charge on any atom is 0.235 e. The Kier molecular flexibility index (Phi) is 5.31. The average Bonchev–Trinajstić information content (AvgIpc) is 2.36. The minimum absolute atomic E-state index is 0.0569. The fourth-order valence-electron chi connectivity index (χ4n) is 2.04. The van der Waals surface area contributed by atoms with Gasteiger partial charge in [0.25, 0.3) is 0 Å². The fourth-order valence-corrected chi connectivity index (χ4v) is 2.20. The summed E-state index contributed by atoms with van der Waals surface area (Å²) < 4.78 is 0. The number of nitrogens with zero attached hydrogens (tertiary/aromatic N) is 1. The normalized spacial score (nSPS) is 19.2. The molecule has 0 spiro atoms. The number of amides is 2. The first kappa shape index (κ1) is 14.4. The van der Waals surface area contributed by atoms with Crippen LogP contribution in [0, 0.1) is 11.8 Å². The smallest absolute Gasteiger partial charge is 0.235 e. The number of carbonyl (C=O) groups is 2. The van der Waals surface area contributed by atoms with Crippen LogP contribution in [-0.2, 0) is 9.59 Å². The van der Waals surface area contributed by atoms with Crippen LogP contribution in [0.3, 0.4) is 0 Å². The average molecular weight is 258 g/mol. The van der Waals surface area contributed by atoms with E-state index in [4.69, 9.17) is 0 Å². The predicted molar refractivity (Wildman–Crippen MR) is 71.0 cm³/mol. The number of piperidine rings is 1. The maximum atomic E-state index is 12.0. The van der Waals surface area contributed by atoms with Gasteiger partial charge >= 0.3 is 0 Å². The largest absolute Gasteiger partial charge is 0.359 e. The van der Waals surface area contributed by atoms with Crippen molar-refractivity contribution >= 4 is 24.4 Å². The van der Waals surface area contributed by atoms with E-state index in [0.717, 1.165) is 12.8 Å². The van der Waals surface area contributed by atoms with Gasteiger partial charge in [-0.05, 0) is 18.8 Å². The van der Waals surface area contributed by atoms with Gasteiger partial charge in [0.1, 0.15) is 0 Å². The molecule has 4 nitrogen and oxygen atoms in total. The van der Waals surface area contributed by atoms with Gasteiger partial charge in [0, 0.05) is 26.1 Å². The van der Waals surface area contributed by atoms with E-state index in [0.29, 0.717) is 13.1 Å². The van der Waals surface area contributed by atoms with E-state index in [1.54, 1.807) is 7.05 Å². The number of hydrogen-bond acceptors (Lipinski definition) is 3. The Bertz CT molecular complexity index is 286. The Balaban J connectivity index is 2.47. The van der Waals surface area contributed by atoms with E-state index < -0.39 is 0 Å². The first-order valence-electron chi connectivity index (χ1n) is 6.15. The number of likely N-dealkylation sites (tertiary alicyclic amines) is 1. The van der Waals surface area contributed by atoms with Gasteiger partial charge < -0.3 is 10.2 Å². The van der Waals surface area contributed by atoms with Crippen LogP contribution in [0.2, 0.25) is 0 Å². The molecule has 1 fully saturated rings. The number of nitrogens with one attached hydrogen (secondary N) is 1. The molecule has 17 heavy (non-hydrogen) atoms. The summed E-state index contributed by atoms with van der Waals surface area (Å²) in [4.78, 5) is 25.3. The van der Waals surface area contributed by atoms with Crippen LogP contribution in [0.15, 0.2) is 0 Å². The van der Waals surface area contributed by atoms with E-state index >= 15 is 0 Å². The third kappa shape index (κ3) is 3.63. The van der Waals surface area contributed by atoms with E-state index in [-0.39, 0.29) is 28.9 Å². The standard InChI is InChI=1S/C12H22N2O2S/c1-8(2)10(17)12(16)14-6-4-9(5-7-14)11(15)13-3/h8-10,17H,4-7H2,1-3H3,(H,13,15). The molecule has 1 rings (SSSR count). The summed E-state index contributed by atoms with van der Waals surface area (Å²) in [6.45, 7) is 5.32. The SMILES string of the molecule is CNC(=O)C1CCN(C(=O)C(S)C(C)C)CC1. The summed E-state index contributed by atoms with van der Waals surface area (Å²) >= 11 is 4.34. The molecule has 0 radical (unpaired) electrons. The third-order valence-corrected chi connectivity index (χ3v) is 4.13. The van der Waals surface area contributed by atoms with Crippen LogP contribution < -0.4 is 5.32 Å². The fraction of sp³-hybridized carbons (Fsp3) is 0.833. The topological polar surface area (TPSA) is 49.4 Å². The second-order valence-electron chi connectivity index (χ2n) is 4.90. The van der Waals surface area contributed by atoms with E-state index in [9.17, 15) is 9.59 Å². The molecule has 0 aromatic heterocycles. The van der Waals surface area contributed by atoms with Gasteiger partial charge in [0.15, 0.2) is 0 Å². The zero-order valence-electron chi connectivity index (χ0n) is 10.8. The molecule has 0 bridgehead atoms. The van der Waals surface area contributed by atoms with Crippen LogP contribution in [0.4, 0.5) is 0 Å². The van der Waals surface area contributed by atoms with Gasteiger partial charge in [-0.1, -0.05) is 13.8 Å². The summed E-state index contributed by atoms with van der Waals surface area (Å²) in [5.74, 6) is 0.478. The molecular weight excluding hydrogens is 236 g/mol. The molecule has 0 saturated carbocycles. The van der Waals surface area contributed by atoms with Crippen molar-refractivity contribution < 1.29 is 9.59 Å². The molecule has 1 atom stereocenters. The van der Waals surface area contributed by atoms with Crippen LogP contribution in [0.5, 0.6) is 0 Å². The molecule has 98 valence electrons. The highest BCUT2D eigenvalue weighted by Gasteiger charge is 2.29. The highest BCUT2D eigenvalue weighted by molar-refractivity contribution is 7.81. The third-order valence-electron chi connectivity index (χ3n) is 3.31. The van der Waals surface area contributed by atoms with Crippen LogP contribution in [0.1, 0.15) is 26.7 Å². The quantitative estimate of drug-likeness (QED) is 0.740. The summed E-state index contributed by atoms with van der Waals surface area (Å²) in [6, 6.07) is 0. The van der Waals surface area contributed by atoms with E-state index in [2.05, 4.69) is 17.9 Å². The summed E-state index contributed by atoms with van der Waals surface area (Å²) in [5, 5.41) is 2.43. The Hall–Kier alpha value is -0.710. The van der Waals surface area contributed by atoms with Crippen molar-refractivity contribution in [3.05, 3.63) is 0 Å². The molecule has 5 heteroatoms. The number of carbonyl (C=O) groups excluding carboxylic acids is 2. The van der Waals surface area contributed by atoms with Gasteiger partial charge in [0.05, 0.1) is 5.25 Å². The first-order chi connectivity index (χ1) is 7.97. The minimum atomic E-state index is -0.230. The molecule has 2 amide bonds. The van der Waals surface area contributed by atoms with Gasteiger partial charge in [-0.15, -0.1) is 0 Å². The molecule has 1 unspecified atom stereocenters. The van der Waals surface area contributed by atoms with E-state index in [1.807, 2.05) is 18.7 Å². The Morgan fingerprint density at radius 1 is 1.29 bits per heavy atom. The summed E-state index contributed by atoms with van der Waals surface area (Å²) in [7, 11) is 1.66. The molecule has 1 aliphatic heterocycles. The summed E-state index contributed by atoms with van der Waals surface area (Å²) in [5.41, 5.74) is 0. The second-order valence-corrected chi connectivity index (χ2v) is 5.46. The highest BCUT2D eigenvalue weighted by atomic mass is 32.1. The molecule has 0 aromatic rings. The van der Waals surface area contributed by atoms with E-state index in [1.165, 1.54) is 0 Å². The molecule has 1 saturated heterocycles. The lowest BCUT2D eigenvalue weighted by Crippen LogP contribution is -2.46. The molecule has 0 aromatic carbocycles. The molecular formula is C12H22N2O2S. The van der Waals surface area contributed by atoms with Crippen molar-refractivity contribution in [2.45, 2.75) is 31.9 Å². The van der Waals surface area contributed by atoms with Crippen molar-refractivity contribution in [2.75, 3.05) is 20.1 Å². The van der Waals surface area contributed by atoms with Crippen molar-refractivity contribution in [2.24, 2.45) is 11.8 Å².